The van der Waals surface area contributed by atoms with E-state index in [0.29, 0.717) is 0 Å². The Morgan fingerprint density at radius 1 is 0.909 bits per heavy atom. The largest absolute Gasteiger partial charge is 0.479 e. The number of carbonyl (C=O) groups excluding carboxylic acids is 1. The van der Waals surface area contributed by atoms with Crippen LogP contribution in [0, 0.1) is 5.92 Å². The van der Waals surface area contributed by atoms with Crippen molar-refractivity contribution in [3.8, 4) is 0 Å². The van der Waals surface area contributed by atoms with Crippen molar-refractivity contribution < 1.29 is 54.6 Å². The molecular weight excluding hydrogens is 308 g/mol. The lowest BCUT2D eigenvalue weighted by Gasteiger charge is -2.21. The third-order valence-electron chi connectivity index (χ3n) is 2.63. The number of aliphatic hydroxyl groups is 3. The molecule has 0 amide bonds. The second-order valence-corrected chi connectivity index (χ2v) is 4.28. The minimum atomic E-state index is -2.53. The van der Waals surface area contributed by atoms with Crippen LogP contribution >= 0.6 is 0 Å². The standard InChI is InChI=1S/C11H16O11/c12-2-1-4(3-5(13)8(15)16)11(21)22-7(10(19)20)6(14)9(17)18/h4-7,12-14H,1-3H2,(H,15,16)(H,17,18)(H,19,20)/t4?,5?,6-,7+/m0/s1. The average Bonchev–Trinajstić information content (AvgIpc) is 2.42. The first-order valence-corrected chi connectivity index (χ1v) is 5.97. The summed E-state index contributed by atoms with van der Waals surface area (Å²) in [5.74, 6) is -8.26. The number of hydrogen-bond donors (Lipinski definition) is 6. The van der Waals surface area contributed by atoms with Crippen LogP contribution in [0.2, 0.25) is 0 Å². The molecule has 0 aliphatic carbocycles. The summed E-state index contributed by atoms with van der Waals surface area (Å²) < 4.78 is 4.35. The molecule has 0 saturated heterocycles. The molecule has 0 aliphatic rings. The van der Waals surface area contributed by atoms with E-state index in [9.17, 15) is 19.2 Å². The summed E-state index contributed by atoms with van der Waals surface area (Å²) >= 11 is 0. The van der Waals surface area contributed by atoms with Gasteiger partial charge in [-0.2, -0.15) is 0 Å². The van der Waals surface area contributed by atoms with Crippen molar-refractivity contribution in [2.45, 2.75) is 31.2 Å². The molecule has 11 nitrogen and oxygen atoms in total. The number of carboxylic acids is 3. The van der Waals surface area contributed by atoms with Crippen LogP contribution < -0.4 is 0 Å². The highest BCUT2D eigenvalue weighted by molar-refractivity contribution is 5.86. The molecule has 11 heteroatoms. The number of ether oxygens (including phenoxy) is 1. The fraction of sp³-hybridized carbons (Fsp3) is 0.636. The van der Waals surface area contributed by atoms with Crippen molar-refractivity contribution in [1.82, 2.24) is 0 Å². The number of rotatable bonds is 10. The summed E-state index contributed by atoms with van der Waals surface area (Å²) in [5, 5.41) is 52.9. The zero-order valence-electron chi connectivity index (χ0n) is 11.2. The van der Waals surface area contributed by atoms with Gasteiger partial charge in [-0.1, -0.05) is 0 Å². The molecule has 0 rings (SSSR count). The molecule has 6 N–H and O–H groups in total. The van der Waals surface area contributed by atoms with Crippen molar-refractivity contribution in [3.05, 3.63) is 0 Å². The van der Waals surface area contributed by atoms with E-state index in [1.165, 1.54) is 0 Å². The van der Waals surface area contributed by atoms with Gasteiger partial charge < -0.3 is 35.4 Å². The summed E-state index contributed by atoms with van der Waals surface area (Å²) in [4.78, 5) is 43.6. The smallest absolute Gasteiger partial charge is 0.348 e. The molecule has 0 bridgehead atoms. The molecule has 0 spiro atoms. The number of esters is 1. The second kappa shape index (κ2) is 8.92. The fourth-order valence-corrected chi connectivity index (χ4v) is 1.46. The maximum atomic E-state index is 11.7. The van der Waals surface area contributed by atoms with Gasteiger partial charge in [-0.25, -0.2) is 14.4 Å². The van der Waals surface area contributed by atoms with Gasteiger partial charge in [0.15, 0.2) is 12.2 Å². The van der Waals surface area contributed by atoms with Crippen LogP contribution in [-0.2, 0) is 23.9 Å². The zero-order chi connectivity index (χ0) is 17.4. The zero-order valence-corrected chi connectivity index (χ0v) is 11.2. The number of carbonyl (C=O) groups is 4. The predicted octanol–water partition coefficient (Wildman–Crippen LogP) is -2.74. The van der Waals surface area contributed by atoms with Crippen molar-refractivity contribution in [2.75, 3.05) is 6.61 Å². The predicted molar refractivity (Wildman–Crippen MR) is 64.6 cm³/mol. The molecule has 0 radical (unpaired) electrons. The molecule has 0 aromatic carbocycles. The number of aliphatic carboxylic acids is 3. The maximum absolute atomic E-state index is 11.7. The van der Waals surface area contributed by atoms with Gasteiger partial charge in [0, 0.05) is 6.61 Å². The topological polar surface area (TPSA) is 199 Å². The van der Waals surface area contributed by atoms with Crippen molar-refractivity contribution in [1.29, 1.82) is 0 Å². The van der Waals surface area contributed by atoms with E-state index in [-0.39, 0.29) is 6.42 Å². The average molecular weight is 324 g/mol. The van der Waals surface area contributed by atoms with Crippen LogP contribution in [0.4, 0.5) is 0 Å². The molecular formula is C11H16O11. The Labute approximate surface area is 123 Å². The highest BCUT2D eigenvalue weighted by Gasteiger charge is 2.38. The first-order chi connectivity index (χ1) is 10.1. The highest BCUT2D eigenvalue weighted by atomic mass is 16.6. The minimum Gasteiger partial charge on any atom is -0.479 e. The van der Waals surface area contributed by atoms with Crippen LogP contribution in [-0.4, -0.2) is 79.4 Å². The lowest BCUT2D eigenvalue weighted by atomic mass is 9.98. The second-order valence-electron chi connectivity index (χ2n) is 4.28. The first kappa shape index (κ1) is 19.8. The monoisotopic (exact) mass is 324 g/mol. The van der Waals surface area contributed by atoms with Gasteiger partial charge in [-0.3, -0.25) is 4.79 Å². The molecule has 22 heavy (non-hydrogen) atoms. The quantitative estimate of drug-likeness (QED) is 0.228. The highest BCUT2D eigenvalue weighted by Crippen LogP contribution is 2.16. The summed E-state index contributed by atoms with van der Waals surface area (Å²) in [5.41, 5.74) is 0. The number of aliphatic hydroxyl groups excluding tert-OH is 3. The molecule has 0 aromatic heterocycles. The van der Waals surface area contributed by atoms with Crippen LogP contribution in [0.25, 0.3) is 0 Å². The van der Waals surface area contributed by atoms with Gasteiger partial charge in [0.1, 0.15) is 0 Å². The normalized spacial score (nSPS) is 16.1. The van der Waals surface area contributed by atoms with Gasteiger partial charge in [0.2, 0.25) is 6.10 Å². The Hall–Kier alpha value is -2.24. The van der Waals surface area contributed by atoms with Crippen molar-refractivity contribution in [2.24, 2.45) is 5.92 Å². The Morgan fingerprint density at radius 3 is 1.82 bits per heavy atom. The Bertz CT molecular complexity index is 432. The van der Waals surface area contributed by atoms with E-state index in [0.717, 1.165) is 0 Å². The van der Waals surface area contributed by atoms with Gasteiger partial charge in [-0.05, 0) is 12.8 Å². The molecule has 0 saturated carbocycles. The van der Waals surface area contributed by atoms with Crippen LogP contribution in [0.1, 0.15) is 12.8 Å². The van der Waals surface area contributed by atoms with Crippen LogP contribution in [0.3, 0.4) is 0 Å². The Kier molecular flexibility index (Phi) is 8.01. The van der Waals surface area contributed by atoms with Gasteiger partial charge in [-0.15, -0.1) is 0 Å². The molecule has 2 unspecified atom stereocenters. The van der Waals surface area contributed by atoms with Gasteiger partial charge in [0.25, 0.3) is 0 Å². The maximum Gasteiger partial charge on any atom is 0.348 e. The van der Waals surface area contributed by atoms with E-state index in [1.807, 2.05) is 0 Å². The summed E-state index contributed by atoms with van der Waals surface area (Å²) in [6, 6.07) is 0. The summed E-state index contributed by atoms with van der Waals surface area (Å²) in [7, 11) is 0. The lowest BCUT2D eigenvalue weighted by Crippen LogP contribution is -2.44. The molecule has 4 atom stereocenters. The van der Waals surface area contributed by atoms with E-state index >= 15 is 0 Å². The molecule has 0 fully saturated rings. The summed E-state index contributed by atoms with van der Waals surface area (Å²) in [6.07, 6.45) is -7.92. The third-order valence-corrected chi connectivity index (χ3v) is 2.63. The molecule has 126 valence electrons. The summed E-state index contributed by atoms with van der Waals surface area (Å²) in [6.45, 7) is -0.592. The van der Waals surface area contributed by atoms with Crippen molar-refractivity contribution >= 4 is 23.9 Å². The van der Waals surface area contributed by atoms with Crippen LogP contribution in [0.15, 0.2) is 0 Å². The van der Waals surface area contributed by atoms with E-state index in [4.69, 9.17) is 30.6 Å². The molecule has 0 aliphatic heterocycles. The van der Waals surface area contributed by atoms with E-state index in [2.05, 4.69) is 4.74 Å². The Morgan fingerprint density at radius 2 is 1.45 bits per heavy atom. The molecule has 0 aromatic rings. The lowest BCUT2D eigenvalue weighted by molar-refractivity contribution is -0.181. The number of carboxylic acid groups (broad SMARTS) is 3. The first-order valence-electron chi connectivity index (χ1n) is 5.97. The van der Waals surface area contributed by atoms with Crippen molar-refractivity contribution in [3.63, 3.8) is 0 Å². The molecule has 0 heterocycles. The van der Waals surface area contributed by atoms with Gasteiger partial charge >= 0.3 is 23.9 Å². The number of hydrogen-bond acceptors (Lipinski definition) is 8. The third kappa shape index (κ3) is 6.03. The minimum absolute atomic E-state index is 0.349. The van der Waals surface area contributed by atoms with E-state index in [1.54, 1.807) is 0 Å². The fourth-order valence-electron chi connectivity index (χ4n) is 1.46. The van der Waals surface area contributed by atoms with Gasteiger partial charge in [0.05, 0.1) is 5.92 Å². The van der Waals surface area contributed by atoms with E-state index < -0.39 is 61.1 Å². The van der Waals surface area contributed by atoms with Crippen LogP contribution in [0.5, 0.6) is 0 Å². The SMILES string of the molecule is O=C(O)C(O)CC(CCO)C(=O)O[C@@H](C(=O)O)[C@H](O)C(=O)O. The Balaban J connectivity index is 5.01.